The number of hydrogen-bond donors (Lipinski definition) is 1. The summed E-state index contributed by atoms with van der Waals surface area (Å²) in [4.78, 5) is 12.5. The summed E-state index contributed by atoms with van der Waals surface area (Å²) in [5.41, 5.74) is -0.610. The first-order valence-electron chi connectivity index (χ1n) is 6.40. The van der Waals surface area contributed by atoms with E-state index in [0.717, 1.165) is 12.5 Å². The molecule has 0 saturated heterocycles. The van der Waals surface area contributed by atoms with Gasteiger partial charge in [0.15, 0.2) is 11.6 Å². The largest absolute Gasteiger partial charge is 0.478 e. The number of carboxylic acid groups (broad SMARTS) is 1. The third-order valence-electron chi connectivity index (χ3n) is 3.26. The summed E-state index contributed by atoms with van der Waals surface area (Å²) < 4.78 is 32.8. The standard InChI is InChI=1S/C14H19F2NO3/c1-4-9(2)17(7-8-20-3)11-6-5-10(14(18)19)12(15)13(11)16/h5-6,9H,4,7-8H2,1-3H3,(H,18,19). The fourth-order valence-electron chi connectivity index (χ4n) is 1.91. The maximum atomic E-state index is 14.1. The SMILES string of the molecule is CCC(C)N(CCOC)c1ccc(C(=O)O)c(F)c1F. The molecule has 1 N–H and O–H groups in total. The minimum atomic E-state index is -1.49. The number of benzene rings is 1. The minimum absolute atomic E-state index is 0.0188. The van der Waals surface area contributed by atoms with E-state index in [0.29, 0.717) is 13.2 Å². The average Bonchev–Trinajstić information content (AvgIpc) is 2.42. The molecule has 4 nitrogen and oxygen atoms in total. The van der Waals surface area contributed by atoms with Crippen LogP contribution in [0.1, 0.15) is 30.6 Å². The molecule has 1 aromatic carbocycles. The number of methoxy groups -OCH3 is 1. The van der Waals surface area contributed by atoms with Gasteiger partial charge in [-0.3, -0.25) is 0 Å². The molecular formula is C14H19F2NO3. The van der Waals surface area contributed by atoms with Gasteiger partial charge in [0, 0.05) is 19.7 Å². The van der Waals surface area contributed by atoms with Crippen LogP contribution in [0, 0.1) is 11.6 Å². The van der Waals surface area contributed by atoms with Crippen molar-refractivity contribution in [1.29, 1.82) is 0 Å². The molecule has 20 heavy (non-hydrogen) atoms. The lowest BCUT2D eigenvalue weighted by molar-refractivity contribution is 0.0690. The van der Waals surface area contributed by atoms with Crippen molar-refractivity contribution < 1.29 is 23.4 Å². The van der Waals surface area contributed by atoms with E-state index in [1.165, 1.54) is 13.2 Å². The van der Waals surface area contributed by atoms with Gasteiger partial charge in [-0.2, -0.15) is 0 Å². The zero-order valence-corrected chi connectivity index (χ0v) is 11.8. The van der Waals surface area contributed by atoms with Gasteiger partial charge in [0.2, 0.25) is 0 Å². The zero-order valence-electron chi connectivity index (χ0n) is 11.8. The Balaban J connectivity index is 3.20. The highest BCUT2D eigenvalue weighted by Gasteiger charge is 2.23. The van der Waals surface area contributed by atoms with Crippen molar-refractivity contribution in [3.05, 3.63) is 29.3 Å². The van der Waals surface area contributed by atoms with E-state index < -0.39 is 23.2 Å². The molecule has 0 aromatic heterocycles. The summed E-state index contributed by atoms with van der Waals surface area (Å²) in [5, 5.41) is 8.78. The Labute approximate surface area is 117 Å². The summed E-state index contributed by atoms with van der Waals surface area (Å²) in [6.45, 7) is 4.59. The number of aromatic carboxylic acids is 1. The molecule has 0 aliphatic rings. The summed E-state index contributed by atoms with van der Waals surface area (Å²) in [7, 11) is 1.53. The molecule has 0 fully saturated rings. The minimum Gasteiger partial charge on any atom is -0.478 e. The Bertz CT molecular complexity index is 480. The quantitative estimate of drug-likeness (QED) is 0.837. The molecule has 0 amide bonds. The Hall–Kier alpha value is -1.69. The number of ether oxygens (including phenoxy) is 1. The molecule has 6 heteroatoms. The Morgan fingerprint density at radius 1 is 1.40 bits per heavy atom. The number of anilines is 1. The molecule has 0 bridgehead atoms. The number of carbonyl (C=O) groups is 1. The number of rotatable bonds is 7. The third-order valence-corrected chi connectivity index (χ3v) is 3.26. The van der Waals surface area contributed by atoms with E-state index in [9.17, 15) is 13.6 Å². The smallest absolute Gasteiger partial charge is 0.338 e. The topological polar surface area (TPSA) is 49.8 Å². The zero-order chi connectivity index (χ0) is 15.3. The van der Waals surface area contributed by atoms with Crippen LogP contribution < -0.4 is 4.90 Å². The molecule has 112 valence electrons. The lowest BCUT2D eigenvalue weighted by atomic mass is 10.1. The van der Waals surface area contributed by atoms with E-state index in [-0.39, 0.29) is 11.7 Å². The van der Waals surface area contributed by atoms with Crippen molar-refractivity contribution in [2.24, 2.45) is 0 Å². The number of hydrogen-bond acceptors (Lipinski definition) is 3. The van der Waals surface area contributed by atoms with Crippen LogP contribution in [-0.2, 0) is 4.74 Å². The molecule has 1 unspecified atom stereocenters. The molecule has 0 aliphatic carbocycles. The van der Waals surface area contributed by atoms with Crippen molar-refractivity contribution in [2.45, 2.75) is 26.3 Å². The maximum absolute atomic E-state index is 14.1. The lowest BCUT2D eigenvalue weighted by Gasteiger charge is -2.31. The van der Waals surface area contributed by atoms with Gasteiger partial charge in [-0.1, -0.05) is 6.92 Å². The van der Waals surface area contributed by atoms with E-state index in [2.05, 4.69) is 0 Å². The second kappa shape index (κ2) is 7.19. The van der Waals surface area contributed by atoms with Gasteiger partial charge < -0.3 is 14.7 Å². The van der Waals surface area contributed by atoms with E-state index in [1.54, 1.807) is 4.90 Å². The molecule has 1 atom stereocenters. The van der Waals surface area contributed by atoms with Gasteiger partial charge in [0.1, 0.15) is 0 Å². The van der Waals surface area contributed by atoms with Crippen LogP contribution >= 0.6 is 0 Å². The number of halogens is 2. The van der Waals surface area contributed by atoms with Gasteiger partial charge in [-0.25, -0.2) is 13.6 Å². The molecule has 0 heterocycles. The van der Waals surface area contributed by atoms with Crippen LogP contribution in [0.25, 0.3) is 0 Å². The highest BCUT2D eigenvalue weighted by Crippen LogP contribution is 2.26. The second-order valence-electron chi connectivity index (χ2n) is 4.51. The lowest BCUT2D eigenvalue weighted by Crippen LogP contribution is -2.36. The van der Waals surface area contributed by atoms with Crippen LogP contribution in [0.5, 0.6) is 0 Å². The number of nitrogens with zero attached hydrogens (tertiary/aromatic N) is 1. The van der Waals surface area contributed by atoms with Gasteiger partial charge in [-0.15, -0.1) is 0 Å². The third kappa shape index (κ3) is 3.45. The van der Waals surface area contributed by atoms with Crippen molar-refractivity contribution in [2.75, 3.05) is 25.2 Å². The summed E-state index contributed by atoms with van der Waals surface area (Å²) >= 11 is 0. The summed E-state index contributed by atoms with van der Waals surface area (Å²) in [6, 6.07) is 2.36. The van der Waals surface area contributed by atoms with Gasteiger partial charge in [0.05, 0.1) is 17.9 Å². The molecule has 0 aliphatic heterocycles. The Morgan fingerprint density at radius 3 is 2.55 bits per heavy atom. The first kappa shape index (κ1) is 16.4. The van der Waals surface area contributed by atoms with Crippen molar-refractivity contribution in [3.8, 4) is 0 Å². The first-order chi connectivity index (χ1) is 9.43. The highest BCUT2D eigenvalue weighted by molar-refractivity contribution is 5.88. The van der Waals surface area contributed by atoms with E-state index in [4.69, 9.17) is 9.84 Å². The Morgan fingerprint density at radius 2 is 2.05 bits per heavy atom. The number of carboxylic acids is 1. The van der Waals surface area contributed by atoms with Gasteiger partial charge in [-0.05, 0) is 25.5 Å². The van der Waals surface area contributed by atoms with Crippen LogP contribution in [0.15, 0.2) is 12.1 Å². The Kier molecular flexibility index (Phi) is 5.88. The van der Waals surface area contributed by atoms with Gasteiger partial charge in [0.25, 0.3) is 0 Å². The maximum Gasteiger partial charge on any atom is 0.338 e. The molecule has 0 spiro atoms. The van der Waals surface area contributed by atoms with E-state index in [1.807, 2.05) is 13.8 Å². The second-order valence-corrected chi connectivity index (χ2v) is 4.51. The molecule has 1 aromatic rings. The summed E-state index contributed by atoms with van der Waals surface area (Å²) in [5.74, 6) is -3.96. The molecule has 0 radical (unpaired) electrons. The van der Waals surface area contributed by atoms with Crippen molar-refractivity contribution in [3.63, 3.8) is 0 Å². The predicted octanol–water partition coefficient (Wildman–Crippen LogP) is 2.91. The van der Waals surface area contributed by atoms with E-state index >= 15 is 0 Å². The fraction of sp³-hybridized carbons (Fsp3) is 0.500. The average molecular weight is 287 g/mol. The first-order valence-corrected chi connectivity index (χ1v) is 6.40. The normalized spacial score (nSPS) is 12.2. The molecule has 1 rings (SSSR count). The van der Waals surface area contributed by atoms with Crippen molar-refractivity contribution in [1.82, 2.24) is 0 Å². The highest BCUT2D eigenvalue weighted by atomic mass is 19.2. The van der Waals surface area contributed by atoms with Crippen LogP contribution in [0.3, 0.4) is 0 Å². The predicted molar refractivity (Wildman–Crippen MR) is 72.3 cm³/mol. The fourth-order valence-corrected chi connectivity index (χ4v) is 1.91. The van der Waals surface area contributed by atoms with Gasteiger partial charge >= 0.3 is 5.97 Å². The monoisotopic (exact) mass is 287 g/mol. The molecular weight excluding hydrogens is 268 g/mol. The van der Waals surface area contributed by atoms with Crippen LogP contribution in [0.4, 0.5) is 14.5 Å². The molecule has 0 saturated carbocycles. The van der Waals surface area contributed by atoms with Crippen LogP contribution in [0.2, 0.25) is 0 Å². The van der Waals surface area contributed by atoms with Crippen molar-refractivity contribution >= 4 is 11.7 Å². The summed E-state index contributed by atoms with van der Waals surface area (Å²) in [6.07, 6.45) is 0.742. The van der Waals surface area contributed by atoms with Crippen LogP contribution in [-0.4, -0.2) is 37.4 Å².